The van der Waals surface area contributed by atoms with Gasteiger partial charge in [-0.3, -0.25) is 0 Å². The molecule has 96 valence electrons. The maximum Gasteiger partial charge on any atom is 0.441 e. The van der Waals surface area contributed by atoms with Crippen molar-refractivity contribution in [3.63, 3.8) is 0 Å². The highest BCUT2D eigenvalue weighted by Crippen LogP contribution is 2.33. The van der Waals surface area contributed by atoms with E-state index in [-0.39, 0.29) is 23.4 Å². The molecule has 6 heteroatoms. The predicted octanol–water partition coefficient (Wildman–Crippen LogP) is 5.41. The number of alkyl halides is 4. The third-order valence-corrected chi connectivity index (χ3v) is 3.87. The van der Waals surface area contributed by atoms with E-state index in [0.717, 1.165) is 10.0 Å². The zero-order valence-corrected chi connectivity index (χ0v) is 12.0. The van der Waals surface area contributed by atoms with E-state index >= 15 is 0 Å². The van der Waals surface area contributed by atoms with Crippen LogP contribution in [-0.2, 0) is 0 Å². The highest BCUT2D eigenvalue weighted by Gasteiger charge is 2.28. The summed E-state index contributed by atoms with van der Waals surface area (Å²) in [5, 5.41) is 0. The van der Waals surface area contributed by atoms with Gasteiger partial charge in [-0.25, -0.2) is 0 Å². The molecule has 1 aromatic carbocycles. The summed E-state index contributed by atoms with van der Waals surface area (Å²) in [5.41, 5.74) is -3.19. The molecular formula is C11H11BrClF3S. The molecule has 0 fully saturated rings. The molecule has 1 rings (SSSR count). The Kier molecular flexibility index (Phi) is 6.17. The first-order valence-electron chi connectivity index (χ1n) is 4.94. The molecule has 0 radical (unpaired) electrons. The van der Waals surface area contributed by atoms with Crippen LogP contribution in [0.5, 0.6) is 0 Å². The van der Waals surface area contributed by atoms with Gasteiger partial charge >= 0.3 is 5.51 Å². The molecular weight excluding hydrogens is 337 g/mol. The first kappa shape index (κ1) is 15.2. The van der Waals surface area contributed by atoms with Crippen LogP contribution in [0.1, 0.15) is 17.9 Å². The minimum absolute atomic E-state index is 0.00577. The Morgan fingerprint density at radius 1 is 1.35 bits per heavy atom. The highest BCUT2D eigenvalue weighted by molar-refractivity contribution is 9.10. The maximum absolute atomic E-state index is 12.0. The van der Waals surface area contributed by atoms with Crippen LogP contribution in [0, 0.1) is 0 Å². The largest absolute Gasteiger partial charge is 0.441 e. The van der Waals surface area contributed by atoms with E-state index in [1.165, 1.54) is 0 Å². The number of benzene rings is 1. The second-order valence-corrected chi connectivity index (χ2v) is 5.87. The normalized spacial score (nSPS) is 13.7. The molecule has 1 atom stereocenters. The number of rotatable bonds is 5. The SMILES string of the molecule is FC(F)(F)SCCC(CCl)c1cccc(Br)c1. The van der Waals surface area contributed by atoms with Crippen molar-refractivity contribution >= 4 is 39.3 Å². The van der Waals surface area contributed by atoms with Crippen molar-refractivity contribution < 1.29 is 13.2 Å². The molecule has 0 aliphatic carbocycles. The molecule has 0 nitrogen and oxygen atoms in total. The van der Waals surface area contributed by atoms with E-state index in [1.807, 2.05) is 24.3 Å². The molecule has 0 saturated carbocycles. The molecule has 17 heavy (non-hydrogen) atoms. The van der Waals surface area contributed by atoms with E-state index < -0.39 is 5.51 Å². The van der Waals surface area contributed by atoms with Crippen LogP contribution in [0.2, 0.25) is 0 Å². The number of thioether (sulfide) groups is 1. The van der Waals surface area contributed by atoms with Gasteiger partial charge in [-0.2, -0.15) is 13.2 Å². The average Bonchev–Trinajstić information content (AvgIpc) is 2.23. The molecule has 0 aliphatic heterocycles. The van der Waals surface area contributed by atoms with E-state index in [4.69, 9.17) is 11.6 Å². The topological polar surface area (TPSA) is 0 Å². The zero-order valence-electron chi connectivity index (χ0n) is 8.81. The Morgan fingerprint density at radius 3 is 2.59 bits per heavy atom. The molecule has 0 N–H and O–H groups in total. The molecule has 1 aromatic rings. The quantitative estimate of drug-likeness (QED) is 0.641. The Labute approximate surface area is 116 Å². The fourth-order valence-electron chi connectivity index (χ4n) is 1.41. The Morgan fingerprint density at radius 2 is 2.06 bits per heavy atom. The lowest BCUT2D eigenvalue weighted by atomic mass is 9.99. The molecule has 0 spiro atoms. The minimum atomic E-state index is -4.16. The van der Waals surface area contributed by atoms with Crippen LogP contribution in [0.3, 0.4) is 0 Å². The van der Waals surface area contributed by atoms with E-state index in [0.29, 0.717) is 12.3 Å². The molecule has 0 aromatic heterocycles. The summed E-state index contributed by atoms with van der Waals surface area (Å²) < 4.78 is 36.9. The van der Waals surface area contributed by atoms with Crippen molar-refractivity contribution in [1.29, 1.82) is 0 Å². The highest BCUT2D eigenvalue weighted by atomic mass is 79.9. The smallest absolute Gasteiger partial charge is 0.160 e. The van der Waals surface area contributed by atoms with Crippen molar-refractivity contribution in [3.8, 4) is 0 Å². The van der Waals surface area contributed by atoms with Gasteiger partial charge in [0.25, 0.3) is 0 Å². The van der Waals surface area contributed by atoms with Crippen LogP contribution in [0.4, 0.5) is 13.2 Å². The lowest BCUT2D eigenvalue weighted by molar-refractivity contribution is -0.0328. The summed E-state index contributed by atoms with van der Waals surface area (Å²) in [6, 6.07) is 7.51. The van der Waals surface area contributed by atoms with Crippen molar-refractivity contribution in [3.05, 3.63) is 34.3 Å². The van der Waals surface area contributed by atoms with Gasteiger partial charge in [-0.15, -0.1) is 11.6 Å². The third kappa shape index (κ3) is 6.02. The standard InChI is InChI=1S/C11H11BrClF3S/c12-10-3-1-2-8(6-10)9(7-13)4-5-17-11(14,15)16/h1-3,6,9H,4-5,7H2. The van der Waals surface area contributed by atoms with Crippen LogP contribution >= 0.6 is 39.3 Å². The molecule has 0 bridgehead atoms. The predicted molar refractivity (Wildman–Crippen MR) is 70.7 cm³/mol. The Balaban J connectivity index is 2.54. The van der Waals surface area contributed by atoms with E-state index in [2.05, 4.69) is 15.9 Å². The van der Waals surface area contributed by atoms with Gasteiger partial charge < -0.3 is 0 Å². The summed E-state index contributed by atoms with van der Waals surface area (Å²) in [6.45, 7) is 0. The lowest BCUT2D eigenvalue weighted by Gasteiger charge is -2.15. The molecule has 0 aliphatic rings. The van der Waals surface area contributed by atoms with Gasteiger partial charge in [0.05, 0.1) is 0 Å². The van der Waals surface area contributed by atoms with Crippen LogP contribution in [-0.4, -0.2) is 17.1 Å². The second kappa shape index (κ2) is 6.90. The fraction of sp³-hybridized carbons (Fsp3) is 0.455. The molecule has 0 amide bonds. The van der Waals surface area contributed by atoms with Gasteiger partial charge in [-0.1, -0.05) is 39.8 Å². The summed E-state index contributed by atoms with van der Waals surface area (Å²) in [7, 11) is 0. The van der Waals surface area contributed by atoms with Crippen LogP contribution in [0.15, 0.2) is 28.7 Å². The van der Waals surface area contributed by atoms with Crippen molar-refractivity contribution in [2.75, 3.05) is 11.6 Å². The molecule has 0 saturated heterocycles. The maximum atomic E-state index is 12.0. The third-order valence-electron chi connectivity index (χ3n) is 2.24. The number of hydrogen-bond acceptors (Lipinski definition) is 1. The Hall–Kier alpha value is 0.130. The summed E-state index contributed by atoms with van der Waals surface area (Å²) in [4.78, 5) is 0. The van der Waals surface area contributed by atoms with Crippen LogP contribution in [0.25, 0.3) is 0 Å². The van der Waals surface area contributed by atoms with Crippen molar-refractivity contribution in [2.24, 2.45) is 0 Å². The zero-order chi connectivity index (χ0) is 12.9. The van der Waals surface area contributed by atoms with Gasteiger partial charge in [-0.05, 0) is 30.0 Å². The van der Waals surface area contributed by atoms with Gasteiger partial charge in [0.2, 0.25) is 0 Å². The minimum Gasteiger partial charge on any atom is -0.160 e. The summed E-state index contributed by atoms with van der Waals surface area (Å²) in [5.74, 6) is 0.325. The fourth-order valence-corrected chi connectivity index (χ4v) is 2.79. The number of halogens is 5. The van der Waals surface area contributed by atoms with Gasteiger partial charge in [0.1, 0.15) is 0 Å². The monoisotopic (exact) mass is 346 g/mol. The van der Waals surface area contributed by atoms with Gasteiger partial charge in [0.15, 0.2) is 0 Å². The van der Waals surface area contributed by atoms with Gasteiger partial charge in [0, 0.05) is 16.1 Å². The first-order chi connectivity index (χ1) is 7.92. The molecule has 0 heterocycles. The lowest BCUT2D eigenvalue weighted by Crippen LogP contribution is -2.06. The Bertz CT molecular complexity index is 357. The van der Waals surface area contributed by atoms with E-state index in [9.17, 15) is 13.2 Å². The van der Waals surface area contributed by atoms with Crippen LogP contribution < -0.4 is 0 Å². The summed E-state index contributed by atoms with van der Waals surface area (Å²) in [6.07, 6.45) is 0.421. The first-order valence-corrected chi connectivity index (χ1v) is 7.26. The van der Waals surface area contributed by atoms with E-state index in [1.54, 1.807) is 0 Å². The average molecular weight is 348 g/mol. The number of hydrogen-bond donors (Lipinski definition) is 0. The second-order valence-electron chi connectivity index (χ2n) is 3.49. The van der Waals surface area contributed by atoms with Crippen molar-refractivity contribution in [1.82, 2.24) is 0 Å². The van der Waals surface area contributed by atoms with Crippen molar-refractivity contribution in [2.45, 2.75) is 17.8 Å². The molecule has 1 unspecified atom stereocenters. The summed E-state index contributed by atoms with van der Waals surface area (Å²) >= 11 is 9.14.